The third-order valence-corrected chi connectivity index (χ3v) is 12.7. The first kappa shape index (κ1) is 33.4. The highest BCUT2D eigenvalue weighted by molar-refractivity contribution is 7.72. The topological polar surface area (TPSA) is 107 Å². The number of rotatable bonds is 17. The van der Waals surface area contributed by atoms with Gasteiger partial charge in [0.2, 0.25) is 0 Å². The van der Waals surface area contributed by atoms with Crippen molar-refractivity contribution in [1.29, 1.82) is 0 Å². The van der Waals surface area contributed by atoms with E-state index in [2.05, 4.69) is 0 Å². The summed E-state index contributed by atoms with van der Waals surface area (Å²) in [5, 5.41) is -3.55. The Kier molecular flexibility index (Phi) is 13.5. The van der Waals surface area contributed by atoms with E-state index >= 15 is 17.6 Å². The normalized spacial score (nSPS) is 13.1. The van der Waals surface area contributed by atoms with Gasteiger partial charge in [0.05, 0.1) is 39.6 Å². The lowest BCUT2D eigenvalue weighted by Gasteiger charge is -2.31. The van der Waals surface area contributed by atoms with Crippen molar-refractivity contribution in [1.82, 2.24) is 0 Å². The Bertz CT molecular complexity index is 936. The summed E-state index contributed by atoms with van der Waals surface area (Å²) in [4.78, 5) is 0. The lowest BCUT2D eigenvalue weighted by atomic mass is 10.1. The number of hydrogen-bond donors (Lipinski definition) is 0. The van der Waals surface area contributed by atoms with Crippen LogP contribution < -0.4 is 5.30 Å². The smallest absolute Gasteiger partial charge is 0.308 e. The largest absolute Gasteiger partial charge is 0.367 e. The first-order valence-electron chi connectivity index (χ1n) is 11.4. The van der Waals surface area contributed by atoms with Crippen LogP contribution in [-0.2, 0) is 47.3 Å². The average Bonchev–Trinajstić information content (AvgIpc) is 2.78. The van der Waals surface area contributed by atoms with Crippen molar-refractivity contribution in [3.05, 3.63) is 28.8 Å². The molecule has 0 aromatic heterocycles. The predicted octanol–water partition coefficient (Wildman–Crippen LogP) is 6.54. The van der Waals surface area contributed by atoms with Crippen LogP contribution in [0.2, 0.25) is 0 Å². The van der Waals surface area contributed by atoms with Crippen LogP contribution in [0, 0.1) is 23.3 Å². The van der Waals surface area contributed by atoms with Gasteiger partial charge in [0.15, 0.2) is 28.7 Å². The summed E-state index contributed by atoms with van der Waals surface area (Å²) < 4.78 is 131. The van der Waals surface area contributed by atoms with Gasteiger partial charge in [-0.2, -0.15) is 0 Å². The van der Waals surface area contributed by atoms with Gasteiger partial charge < -0.3 is 27.1 Å². The van der Waals surface area contributed by atoms with E-state index in [4.69, 9.17) is 27.1 Å². The second-order valence-electron chi connectivity index (χ2n) is 6.85. The van der Waals surface area contributed by atoms with E-state index in [0.717, 1.165) is 0 Å². The third-order valence-electron chi connectivity index (χ3n) is 4.56. The van der Waals surface area contributed by atoms with Gasteiger partial charge >= 0.3 is 22.8 Å². The summed E-state index contributed by atoms with van der Waals surface area (Å²) in [6.45, 7) is 6.79. The maximum Gasteiger partial charge on any atom is 0.367 e. The van der Waals surface area contributed by atoms with Crippen LogP contribution in [0.3, 0.4) is 0 Å². The monoisotopic (exact) mass is 586 g/mol. The molecule has 0 unspecified atom stereocenters. The van der Waals surface area contributed by atoms with E-state index in [-0.39, 0.29) is 39.6 Å². The molecular weight excluding hydrogens is 553 g/mol. The van der Waals surface area contributed by atoms with Crippen molar-refractivity contribution in [2.24, 2.45) is 0 Å². The van der Waals surface area contributed by atoms with Gasteiger partial charge in [0, 0.05) is 12.0 Å². The van der Waals surface area contributed by atoms with Crippen molar-refractivity contribution in [3.8, 4) is 0 Å². The first-order valence-corrected chi connectivity index (χ1v) is 16.1. The van der Waals surface area contributed by atoms with Crippen molar-refractivity contribution in [2.45, 2.75) is 53.4 Å². The fourth-order valence-corrected chi connectivity index (χ4v) is 10.3. The minimum Gasteiger partial charge on any atom is -0.308 e. The Morgan fingerprint density at radius 3 is 1.14 bits per heavy atom. The van der Waals surface area contributed by atoms with Crippen molar-refractivity contribution in [2.75, 3.05) is 39.6 Å². The summed E-state index contributed by atoms with van der Waals surface area (Å²) in [5.74, 6) is -8.04. The first-order chi connectivity index (χ1) is 16.9. The van der Waals surface area contributed by atoms with Gasteiger partial charge in [-0.05, 0) is 41.5 Å². The molecule has 0 spiro atoms. The fourth-order valence-electron chi connectivity index (χ4n) is 3.31. The van der Waals surface area contributed by atoms with E-state index < -0.39 is 68.7 Å². The zero-order valence-corrected chi connectivity index (χ0v) is 23.7. The Morgan fingerprint density at radius 2 is 0.861 bits per heavy atom. The van der Waals surface area contributed by atoms with E-state index in [1.54, 1.807) is 0 Å². The second-order valence-corrected chi connectivity index (χ2v) is 13.7. The number of halogens is 4. The Balaban J connectivity index is 3.90. The summed E-state index contributed by atoms with van der Waals surface area (Å²) in [6.07, 6.45) is -1.17. The summed E-state index contributed by atoms with van der Waals surface area (Å²) in [6, 6.07) is 0. The molecule has 0 N–H and O–H groups in total. The van der Waals surface area contributed by atoms with Gasteiger partial charge in [-0.3, -0.25) is 13.7 Å². The number of hydrogen-bond acceptors (Lipinski definition) is 9. The molecule has 36 heavy (non-hydrogen) atoms. The standard InChI is InChI=1S/C20H33F4O9P3/c1-7-28-34(25,29-8-2)15(35(26,30-9-3)31-10-4)13-14-16(21)18(23)20(19(24)17(14)22)36(27,32-11-5)33-12-6/h15H,7-13H2,1-6H3. The molecule has 0 bridgehead atoms. The zero-order chi connectivity index (χ0) is 27.7. The fraction of sp³-hybridized carbons (Fsp3) is 0.700. The van der Waals surface area contributed by atoms with Crippen LogP contribution in [0.15, 0.2) is 0 Å². The van der Waals surface area contributed by atoms with E-state index in [0.29, 0.717) is 0 Å². The molecule has 0 radical (unpaired) electrons. The molecule has 0 aliphatic rings. The molecule has 9 nitrogen and oxygen atoms in total. The summed E-state index contributed by atoms with van der Waals surface area (Å²) >= 11 is 0. The van der Waals surface area contributed by atoms with Crippen LogP contribution in [0.4, 0.5) is 17.6 Å². The highest BCUT2D eigenvalue weighted by Gasteiger charge is 2.52. The lowest BCUT2D eigenvalue weighted by molar-refractivity contribution is 0.194. The Hall–Kier alpha value is -0.610. The highest BCUT2D eigenvalue weighted by Crippen LogP contribution is 2.71. The van der Waals surface area contributed by atoms with Gasteiger partial charge in [0.1, 0.15) is 5.30 Å². The molecule has 0 saturated heterocycles. The average molecular weight is 586 g/mol. The SMILES string of the molecule is CCOP(=O)(OCC)c1c(F)c(F)c(CC(P(=O)(OCC)OCC)P(=O)(OCC)OCC)c(F)c1F. The zero-order valence-electron chi connectivity index (χ0n) is 21.1. The summed E-state index contributed by atoms with van der Waals surface area (Å²) in [5.41, 5.74) is -1.29. The molecule has 0 amide bonds. The predicted molar refractivity (Wildman–Crippen MR) is 126 cm³/mol. The molecular formula is C20H33F4O9P3. The maximum absolute atomic E-state index is 15.2. The van der Waals surface area contributed by atoms with Gasteiger partial charge in [-0.25, -0.2) is 17.6 Å². The van der Waals surface area contributed by atoms with Crippen LogP contribution in [0.25, 0.3) is 0 Å². The molecule has 1 aromatic carbocycles. The molecule has 1 rings (SSSR count). The molecule has 0 atom stereocenters. The van der Waals surface area contributed by atoms with E-state index in [1.165, 1.54) is 41.5 Å². The minimum atomic E-state index is -4.80. The number of benzene rings is 1. The van der Waals surface area contributed by atoms with Gasteiger partial charge in [-0.15, -0.1) is 0 Å². The lowest BCUT2D eigenvalue weighted by Crippen LogP contribution is -2.26. The second kappa shape index (κ2) is 14.5. The summed E-state index contributed by atoms with van der Waals surface area (Å²) in [7, 11) is -13.8. The van der Waals surface area contributed by atoms with Gasteiger partial charge in [0.25, 0.3) is 0 Å². The van der Waals surface area contributed by atoms with E-state index in [9.17, 15) is 13.7 Å². The third kappa shape index (κ3) is 7.28. The minimum absolute atomic E-state index is 0.232. The van der Waals surface area contributed by atoms with Crippen LogP contribution in [0.1, 0.15) is 47.1 Å². The van der Waals surface area contributed by atoms with Gasteiger partial charge in [-0.1, -0.05) is 0 Å². The molecule has 210 valence electrons. The van der Waals surface area contributed by atoms with Crippen molar-refractivity contribution in [3.63, 3.8) is 0 Å². The molecule has 0 saturated carbocycles. The molecule has 0 heterocycles. The molecule has 0 aliphatic carbocycles. The molecule has 16 heteroatoms. The van der Waals surface area contributed by atoms with Crippen LogP contribution in [-0.4, -0.2) is 45.0 Å². The van der Waals surface area contributed by atoms with Crippen molar-refractivity contribution < 1.29 is 58.4 Å². The quantitative estimate of drug-likeness (QED) is 0.114. The molecule has 0 fully saturated rings. The van der Waals surface area contributed by atoms with E-state index in [1.807, 2.05) is 0 Å². The van der Waals surface area contributed by atoms with Crippen LogP contribution >= 0.6 is 22.8 Å². The Morgan fingerprint density at radius 1 is 0.556 bits per heavy atom. The maximum atomic E-state index is 15.2. The Labute approximate surface area is 208 Å². The molecule has 1 aromatic rings. The molecule has 0 aliphatic heterocycles. The van der Waals surface area contributed by atoms with Crippen molar-refractivity contribution >= 4 is 28.1 Å². The highest BCUT2D eigenvalue weighted by atomic mass is 31.2. The van der Waals surface area contributed by atoms with Crippen LogP contribution in [0.5, 0.6) is 0 Å².